The first-order valence-electron chi connectivity index (χ1n) is 13.1. The zero-order chi connectivity index (χ0) is 26.9. The smallest absolute Gasteiger partial charge is 0.251 e. The molecule has 4 amide bonds. The first-order valence-corrected chi connectivity index (χ1v) is 13.5. The quantitative estimate of drug-likeness (QED) is 0.357. The average molecular weight is 533 g/mol. The second-order valence-corrected chi connectivity index (χ2v) is 10.5. The van der Waals surface area contributed by atoms with Crippen molar-refractivity contribution in [2.75, 3.05) is 13.6 Å². The molecule has 1 aromatic carbocycles. The largest absolute Gasteiger partial charge is 0.356 e. The monoisotopic (exact) mass is 532 g/mol. The lowest BCUT2D eigenvalue weighted by Gasteiger charge is -2.33. The van der Waals surface area contributed by atoms with Crippen molar-refractivity contribution in [2.45, 2.75) is 76.4 Å². The van der Waals surface area contributed by atoms with Crippen molar-refractivity contribution in [2.24, 2.45) is 11.8 Å². The van der Waals surface area contributed by atoms with Gasteiger partial charge in [-0.3, -0.25) is 19.2 Å². The summed E-state index contributed by atoms with van der Waals surface area (Å²) < 4.78 is 0. The van der Waals surface area contributed by atoms with Gasteiger partial charge < -0.3 is 25.6 Å². The topological polar surface area (TPSA) is 125 Å². The van der Waals surface area contributed by atoms with Crippen LogP contribution in [0.4, 0.5) is 0 Å². The van der Waals surface area contributed by atoms with E-state index < -0.39 is 24.0 Å². The van der Waals surface area contributed by atoms with Gasteiger partial charge in [-0.25, -0.2) is 0 Å². The minimum absolute atomic E-state index is 0.0276. The SMILES string of the molecule is CCC[C@@H](C(=O)N[C@H](C=O)C[C@@H]1CCNC1=O)N(C)C(=O)[C@H](NC(=O)c1ccc(Cl)cc1)C1CCCC1. The number of nitrogens with one attached hydrogen (secondary N) is 3. The van der Waals surface area contributed by atoms with Crippen LogP contribution in [-0.4, -0.2) is 66.5 Å². The Labute approximate surface area is 223 Å². The fraction of sp³-hybridized carbons (Fsp3) is 0.593. The molecule has 1 aliphatic heterocycles. The molecule has 3 rings (SSSR count). The molecule has 1 heterocycles. The minimum Gasteiger partial charge on any atom is -0.356 e. The molecule has 1 aromatic rings. The zero-order valence-electron chi connectivity index (χ0n) is 21.5. The number of hydrogen-bond donors (Lipinski definition) is 3. The van der Waals surface area contributed by atoms with E-state index in [0.29, 0.717) is 42.7 Å². The van der Waals surface area contributed by atoms with Gasteiger partial charge in [0, 0.05) is 30.1 Å². The van der Waals surface area contributed by atoms with Crippen molar-refractivity contribution in [3.63, 3.8) is 0 Å². The molecule has 2 aliphatic rings. The first kappa shape index (κ1) is 28.6. The van der Waals surface area contributed by atoms with E-state index in [1.54, 1.807) is 31.3 Å². The third kappa shape index (κ3) is 7.53. The van der Waals surface area contributed by atoms with Crippen LogP contribution in [0.5, 0.6) is 0 Å². The second-order valence-electron chi connectivity index (χ2n) is 10.0. The summed E-state index contributed by atoms with van der Waals surface area (Å²) in [6.45, 7) is 2.47. The second kappa shape index (κ2) is 13.6. The number of nitrogens with zero attached hydrogens (tertiary/aromatic N) is 1. The maximum atomic E-state index is 13.7. The molecule has 1 saturated carbocycles. The summed E-state index contributed by atoms with van der Waals surface area (Å²) in [5, 5.41) is 8.89. The lowest BCUT2D eigenvalue weighted by atomic mass is 9.95. The van der Waals surface area contributed by atoms with Crippen molar-refractivity contribution < 1.29 is 24.0 Å². The van der Waals surface area contributed by atoms with Gasteiger partial charge in [-0.05, 0) is 62.3 Å². The van der Waals surface area contributed by atoms with Gasteiger partial charge in [0.15, 0.2) is 0 Å². The van der Waals surface area contributed by atoms with Gasteiger partial charge in [0.2, 0.25) is 17.7 Å². The van der Waals surface area contributed by atoms with Gasteiger partial charge in [0.25, 0.3) is 5.91 Å². The predicted molar refractivity (Wildman–Crippen MR) is 140 cm³/mol. The number of carbonyl (C=O) groups excluding carboxylic acids is 5. The number of aldehydes is 1. The Morgan fingerprint density at radius 3 is 2.38 bits per heavy atom. The molecule has 0 radical (unpaired) electrons. The van der Waals surface area contributed by atoms with Gasteiger partial charge in [0.05, 0.1) is 6.04 Å². The van der Waals surface area contributed by atoms with Gasteiger partial charge in [-0.15, -0.1) is 0 Å². The Bertz CT molecular complexity index is 980. The third-order valence-corrected chi connectivity index (χ3v) is 7.66. The van der Waals surface area contributed by atoms with Crippen LogP contribution in [0.15, 0.2) is 24.3 Å². The van der Waals surface area contributed by atoms with Crippen LogP contribution in [0.25, 0.3) is 0 Å². The number of likely N-dealkylation sites (N-methyl/N-ethyl adjacent to an activating group) is 1. The molecule has 3 N–H and O–H groups in total. The van der Waals surface area contributed by atoms with E-state index in [0.717, 1.165) is 25.7 Å². The van der Waals surface area contributed by atoms with Crippen LogP contribution in [0.2, 0.25) is 5.02 Å². The van der Waals surface area contributed by atoms with Crippen LogP contribution in [0, 0.1) is 11.8 Å². The Kier molecular flexibility index (Phi) is 10.5. The van der Waals surface area contributed by atoms with Crippen LogP contribution < -0.4 is 16.0 Å². The predicted octanol–water partition coefficient (Wildman–Crippen LogP) is 2.47. The van der Waals surface area contributed by atoms with Crippen molar-refractivity contribution in [3.05, 3.63) is 34.9 Å². The van der Waals surface area contributed by atoms with Crippen LogP contribution >= 0.6 is 11.6 Å². The van der Waals surface area contributed by atoms with Gasteiger partial charge in [-0.2, -0.15) is 0 Å². The maximum Gasteiger partial charge on any atom is 0.251 e. The van der Waals surface area contributed by atoms with Crippen LogP contribution in [0.3, 0.4) is 0 Å². The summed E-state index contributed by atoms with van der Waals surface area (Å²) in [7, 11) is 1.57. The molecular formula is C27H37ClN4O5. The molecule has 1 aliphatic carbocycles. The highest BCUT2D eigenvalue weighted by Gasteiger charge is 2.38. The number of hydrogen-bond acceptors (Lipinski definition) is 5. The zero-order valence-corrected chi connectivity index (χ0v) is 22.3. The molecule has 10 heteroatoms. The number of carbonyl (C=O) groups is 5. The van der Waals surface area contributed by atoms with Crippen molar-refractivity contribution in [3.8, 4) is 0 Å². The summed E-state index contributed by atoms with van der Waals surface area (Å²) in [5.74, 6) is -1.62. The molecule has 9 nitrogen and oxygen atoms in total. The molecule has 0 bridgehead atoms. The Hall–Kier alpha value is -2.94. The van der Waals surface area contributed by atoms with Crippen molar-refractivity contribution in [1.29, 1.82) is 0 Å². The number of halogens is 1. The van der Waals surface area contributed by atoms with E-state index in [-0.39, 0.29) is 36.0 Å². The van der Waals surface area contributed by atoms with Gasteiger partial charge in [0.1, 0.15) is 18.4 Å². The Morgan fingerprint density at radius 1 is 1.14 bits per heavy atom. The number of rotatable bonds is 12. The van der Waals surface area contributed by atoms with Crippen molar-refractivity contribution in [1.82, 2.24) is 20.9 Å². The number of benzene rings is 1. The molecule has 202 valence electrons. The molecule has 2 fully saturated rings. The molecule has 1 saturated heterocycles. The van der Waals surface area contributed by atoms with E-state index in [1.165, 1.54) is 4.90 Å². The molecule has 37 heavy (non-hydrogen) atoms. The molecule has 4 atom stereocenters. The van der Waals surface area contributed by atoms with E-state index in [1.807, 2.05) is 6.92 Å². The van der Waals surface area contributed by atoms with Crippen LogP contribution in [0.1, 0.15) is 68.6 Å². The maximum absolute atomic E-state index is 13.7. The van der Waals surface area contributed by atoms with E-state index in [2.05, 4.69) is 16.0 Å². The summed E-state index contributed by atoms with van der Waals surface area (Å²) in [6, 6.07) is 4.05. The van der Waals surface area contributed by atoms with Gasteiger partial charge in [-0.1, -0.05) is 37.8 Å². The van der Waals surface area contributed by atoms with Crippen molar-refractivity contribution >= 4 is 41.5 Å². The average Bonchev–Trinajstić information content (AvgIpc) is 3.57. The normalized spacial score (nSPS) is 20.0. The molecule has 0 unspecified atom stereocenters. The summed E-state index contributed by atoms with van der Waals surface area (Å²) in [4.78, 5) is 65.0. The van der Waals surface area contributed by atoms with E-state index in [9.17, 15) is 24.0 Å². The standard InChI is InChI=1S/C27H37ClN4O5/c1-3-6-22(26(36)30-21(16-33)15-19-13-14-29-24(19)34)32(2)27(37)23(17-7-4-5-8-17)31-25(35)18-9-11-20(28)12-10-18/h9-12,16-17,19,21-23H,3-8,13-15H2,1-2H3,(H,29,34)(H,30,36)(H,31,35)/t19-,21-,22-,23+/m0/s1. The fourth-order valence-electron chi connectivity index (χ4n) is 5.25. The van der Waals surface area contributed by atoms with Crippen LogP contribution in [-0.2, 0) is 19.2 Å². The molecule has 0 aromatic heterocycles. The third-order valence-electron chi connectivity index (χ3n) is 7.40. The lowest BCUT2D eigenvalue weighted by Crippen LogP contribution is -2.57. The van der Waals surface area contributed by atoms with E-state index >= 15 is 0 Å². The van der Waals surface area contributed by atoms with Gasteiger partial charge >= 0.3 is 0 Å². The number of amides is 4. The highest BCUT2D eigenvalue weighted by Crippen LogP contribution is 2.29. The van der Waals surface area contributed by atoms with E-state index in [4.69, 9.17) is 11.6 Å². The lowest BCUT2D eigenvalue weighted by molar-refractivity contribution is -0.142. The Balaban J connectivity index is 1.73. The highest BCUT2D eigenvalue weighted by molar-refractivity contribution is 6.30. The molecule has 0 spiro atoms. The fourth-order valence-corrected chi connectivity index (χ4v) is 5.37. The highest BCUT2D eigenvalue weighted by atomic mass is 35.5. The summed E-state index contributed by atoms with van der Waals surface area (Å²) in [6.07, 6.45) is 6.09. The summed E-state index contributed by atoms with van der Waals surface area (Å²) >= 11 is 5.94. The Morgan fingerprint density at radius 2 is 1.81 bits per heavy atom. The minimum atomic E-state index is -0.820. The molecular weight excluding hydrogens is 496 g/mol. The first-order chi connectivity index (χ1) is 17.7. The summed E-state index contributed by atoms with van der Waals surface area (Å²) in [5.41, 5.74) is 0.399.